The molecule has 47 heavy (non-hydrogen) atoms. The minimum absolute atomic E-state index is 0.0329. The number of cyclic esters (lactones) is 1. The Morgan fingerprint density at radius 1 is 1.06 bits per heavy atom. The van der Waals surface area contributed by atoms with Crippen LogP contribution in [0.1, 0.15) is 57.9 Å². The SMILES string of the molecule is COc1ccc(-c2c(C)cc(C(=O)O)n2C)cc1-c1ccc(N2CCC2)nc1CN1C(=O)O[C@H](c2cc(C)cc(C(F)(F)F)c2)[C@@H]1C. The van der Waals surface area contributed by atoms with Crippen molar-refractivity contribution in [1.82, 2.24) is 14.5 Å². The van der Waals surface area contributed by atoms with E-state index in [0.717, 1.165) is 54.3 Å². The average molecular weight is 649 g/mol. The second-order valence-corrected chi connectivity index (χ2v) is 12.1. The first-order valence-corrected chi connectivity index (χ1v) is 15.3. The van der Waals surface area contributed by atoms with Crippen LogP contribution in [0, 0.1) is 13.8 Å². The van der Waals surface area contributed by atoms with Gasteiger partial charge in [0, 0.05) is 31.3 Å². The van der Waals surface area contributed by atoms with Crippen molar-refractivity contribution in [1.29, 1.82) is 0 Å². The number of benzene rings is 2. The van der Waals surface area contributed by atoms with Crippen LogP contribution in [-0.2, 0) is 24.5 Å². The molecule has 2 atom stereocenters. The first-order valence-electron chi connectivity index (χ1n) is 15.3. The minimum atomic E-state index is -4.54. The lowest BCUT2D eigenvalue weighted by Gasteiger charge is -2.33. The number of aromatic carboxylic acids is 1. The normalized spacial score (nSPS) is 17.9. The van der Waals surface area contributed by atoms with E-state index in [2.05, 4.69) is 4.90 Å². The molecule has 2 aromatic heterocycles. The van der Waals surface area contributed by atoms with E-state index in [-0.39, 0.29) is 17.8 Å². The Labute approximate surface area is 270 Å². The van der Waals surface area contributed by atoms with Gasteiger partial charge >= 0.3 is 18.2 Å². The summed E-state index contributed by atoms with van der Waals surface area (Å²) < 4.78 is 54.0. The van der Waals surface area contributed by atoms with Crippen LogP contribution < -0.4 is 9.64 Å². The topological polar surface area (TPSA) is 97.1 Å². The molecule has 1 N–H and O–H groups in total. The van der Waals surface area contributed by atoms with Crippen molar-refractivity contribution in [2.45, 2.75) is 52.1 Å². The van der Waals surface area contributed by atoms with Gasteiger partial charge < -0.3 is 24.0 Å². The summed E-state index contributed by atoms with van der Waals surface area (Å²) in [6, 6.07) is 14.2. The quantitative estimate of drug-likeness (QED) is 0.213. The van der Waals surface area contributed by atoms with Gasteiger partial charge in [-0.2, -0.15) is 13.2 Å². The highest BCUT2D eigenvalue weighted by Gasteiger charge is 2.42. The van der Waals surface area contributed by atoms with Gasteiger partial charge in [0.1, 0.15) is 23.4 Å². The molecule has 12 heteroatoms. The highest BCUT2D eigenvalue weighted by atomic mass is 19.4. The van der Waals surface area contributed by atoms with E-state index < -0.39 is 35.9 Å². The zero-order valence-electron chi connectivity index (χ0n) is 26.7. The lowest BCUT2D eigenvalue weighted by Crippen LogP contribution is -2.38. The largest absolute Gasteiger partial charge is 0.496 e. The number of anilines is 1. The molecule has 2 fully saturated rings. The number of rotatable bonds is 8. The maximum Gasteiger partial charge on any atom is 0.416 e. The second-order valence-electron chi connectivity index (χ2n) is 12.1. The van der Waals surface area contributed by atoms with Crippen molar-refractivity contribution in [2.75, 3.05) is 25.1 Å². The van der Waals surface area contributed by atoms with E-state index in [1.165, 1.54) is 4.90 Å². The molecule has 0 spiro atoms. The van der Waals surface area contributed by atoms with Gasteiger partial charge in [-0.05, 0) is 92.4 Å². The van der Waals surface area contributed by atoms with Gasteiger partial charge in [-0.1, -0.05) is 11.6 Å². The van der Waals surface area contributed by atoms with E-state index in [9.17, 15) is 27.9 Å². The summed E-state index contributed by atoms with van der Waals surface area (Å²) in [6.07, 6.45) is -5.06. The van der Waals surface area contributed by atoms with Crippen LogP contribution in [0.25, 0.3) is 22.4 Å². The number of methoxy groups -OCH3 is 1. The molecule has 9 nitrogen and oxygen atoms in total. The number of alkyl halides is 3. The average Bonchev–Trinajstić information content (AvgIpc) is 3.44. The van der Waals surface area contributed by atoms with Crippen LogP contribution in [-0.4, -0.2) is 57.9 Å². The summed E-state index contributed by atoms with van der Waals surface area (Å²) >= 11 is 0. The number of carboxylic acid groups (broad SMARTS) is 1. The molecule has 6 rings (SSSR count). The van der Waals surface area contributed by atoms with Gasteiger partial charge in [0.2, 0.25) is 0 Å². The van der Waals surface area contributed by atoms with E-state index >= 15 is 0 Å². The Morgan fingerprint density at radius 2 is 1.81 bits per heavy atom. The van der Waals surface area contributed by atoms with Crippen molar-refractivity contribution >= 4 is 17.9 Å². The van der Waals surface area contributed by atoms with Crippen molar-refractivity contribution in [3.8, 4) is 28.1 Å². The third-order valence-electron chi connectivity index (χ3n) is 9.01. The van der Waals surface area contributed by atoms with E-state index in [0.29, 0.717) is 28.1 Å². The summed E-state index contributed by atoms with van der Waals surface area (Å²) in [5, 5.41) is 9.68. The van der Waals surface area contributed by atoms with Crippen molar-refractivity contribution in [3.63, 3.8) is 0 Å². The van der Waals surface area contributed by atoms with Gasteiger partial charge in [0.25, 0.3) is 0 Å². The number of pyridine rings is 1. The number of carbonyl (C=O) groups excluding carboxylic acids is 1. The molecule has 4 aromatic rings. The number of carboxylic acids is 1. The molecule has 0 aliphatic carbocycles. The van der Waals surface area contributed by atoms with Crippen LogP contribution in [0.3, 0.4) is 0 Å². The van der Waals surface area contributed by atoms with E-state index in [1.807, 2.05) is 37.3 Å². The molecule has 0 unspecified atom stereocenters. The minimum Gasteiger partial charge on any atom is -0.496 e. The van der Waals surface area contributed by atoms with Crippen LogP contribution in [0.5, 0.6) is 5.75 Å². The Balaban J connectivity index is 1.41. The summed E-state index contributed by atoms with van der Waals surface area (Å²) in [7, 11) is 3.26. The molecule has 0 saturated carbocycles. The van der Waals surface area contributed by atoms with Crippen LogP contribution in [0.2, 0.25) is 0 Å². The van der Waals surface area contributed by atoms with Gasteiger partial charge in [-0.15, -0.1) is 0 Å². The smallest absolute Gasteiger partial charge is 0.416 e. The number of carbonyl (C=O) groups is 2. The lowest BCUT2D eigenvalue weighted by molar-refractivity contribution is -0.137. The number of ether oxygens (including phenoxy) is 2. The zero-order chi connectivity index (χ0) is 33.8. The maximum atomic E-state index is 13.6. The van der Waals surface area contributed by atoms with Crippen molar-refractivity contribution in [3.05, 3.63) is 88.2 Å². The van der Waals surface area contributed by atoms with E-state index in [1.54, 1.807) is 44.7 Å². The molecule has 4 heterocycles. The molecule has 2 saturated heterocycles. The Hall–Kier alpha value is -5.00. The summed E-state index contributed by atoms with van der Waals surface area (Å²) in [5.74, 6) is 0.266. The predicted octanol–water partition coefficient (Wildman–Crippen LogP) is 7.39. The fourth-order valence-corrected chi connectivity index (χ4v) is 6.49. The Bertz CT molecular complexity index is 1880. The molecule has 246 valence electrons. The number of hydrogen-bond donors (Lipinski definition) is 1. The number of halogens is 3. The fraction of sp³-hybridized carbons (Fsp3) is 0.343. The highest BCUT2D eigenvalue weighted by Crippen LogP contribution is 2.41. The highest BCUT2D eigenvalue weighted by molar-refractivity contribution is 5.89. The molecular weight excluding hydrogens is 613 g/mol. The van der Waals surface area contributed by atoms with Crippen molar-refractivity contribution in [2.24, 2.45) is 7.05 Å². The number of aryl methyl sites for hydroxylation is 2. The maximum absolute atomic E-state index is 13.6. The molecule has 0 bridgehead atoms. The van der Waals surface area contributed by atoms with Gasteiger partial charge in [0.05, 0.1) is 36.6 Å². The van der Waals surface area contributed by atoms with Crippen LogP contribution in [0.15, 0.2) is 54.6 Å². The van der Waals surface area contributed by atoms with Crippen molar-refractivity contribution < 1.29 is 37.3 Å². The molecule has 1 amide bonds. The standard InChI is InChI=1S/C35H35F3N4O5/c1-19-13-23(16-24(14-19)35(36,37)38)32-21(3)42(34(45)47-32)18-27-25(8-10-30(39-27)41-11-6-12-41)26-17-22(7-9-29(26)46-5)31-20(2)15-28(33(43)44)40(31)4/h7-10,13-17,21,32H,6,11-12,18H2,1-5H3,(H,43,44)/t21-,32-/m0/s1. The summed E-state index contributed by atoms with van der Waals surface area (Å²) in [4.78, 5) is 33.8. The Kier molecular flexibility index (Phi) is 8.15. The zero-order valence-corrected chi connectivity index (χ0v) is 26.7. The van der Waals surface area contributed by atoms with Gasteiger partial charge in [-0.3, -0.25) is 4.90 Å². The second kappa shape index (κ2) is 12.0. The van der Waals surface area contributed by atoms with E-state index in [4.69, 9.17) is 14.5 Å². The lowest BCUT2D eigenvalue weighted by atomic mass is 9.96. The van der Waals surface area contributed by atoms with Gasteiger partial charge in [0.15, 0.2) is 0 Å². The third-order valence-corrected chi connectivity index (χ3v) is 9.01. The number of aromatic nitrogens is 2. The first-order chi connectivity index (χ1) is 22.3. The third kappa shape index (κ3) is 5.88. The number of nitrogens with zero attached hydrogens (tertiary/aromatic N) is 4. The fourth-order valence-electron chi connectivity index (χ4n) is 6.49. The predicted molar refractivity (Wildman–Crippen MR) is 170 cm³/mol. The van der Waals surface area contributed by atoms with Gasteiger partial charge in [-0.25, -0.2) is 14.6 Å². The molecule has 2 aliphatic rings. The molecular formula is C35H35F3N4O5. The van der Waals surface area contributed by atoms with Crippen LogP contribution in [0.4, 0.5) is 23.8 Å². The first kappa shape index (κ1) is 32.0. The molecule has 0 radical (unpaired) electrons. The number of amides is 1. The van der Waals surface area contributed by atoms with Crippen LogP contribution >= 0.6 is 0 Å². The Morgan fingerprint density at radius 3 is 2.43 bits per heavy atom. The summed E-state index contributed by atoms with van der Waals surface area (Å²) in [5.41, 5.74) is 4.27. The monoisotopic (exact) mass is 648 g/mol. The summed E-state index contributed by atoms with van der Waals surface area (Å²) in [6.45, 7) is 6.92. The number of hydrogen-bond acceptors (Lipinski definition) is 6. The molecule has 2 aliphatic heterocycles. The molecule has 2 aromatic carbocycles.